The van der Waals surface area contributed by atoms with Crippen LogP contribution in [-0.2, 0) is 13.0 Å². The molecular formula is C13H14N4O2S. The number of benzene rings is 1. The molecule has 0 amide bonds. The highest BCUT2D eigenvalue weighted by atomic mass is 32.1. The van der Waals surface area contributed by atoms with Crippen LogP contribution in [0, 0.1) is 11.7 Å². The fourth-order valence-corrected chi connectivity index (χ4v) is 2.43. The first kappa shape index (κ1) is 12.9. The van der Waals surface area contributed by atoms with Crippen LogP contribution in [0.4, 0.5) is 0 Å². The number of nitrogens with zero attached hydrogens (tertiary/aromatic N) is 3. The van der Waals surface area contributed by atoms with Crippen LogP contribution in [0.15, 0.2) is 22.7 Å². The van der Waals surface area contributed by atoms with Gasteiger partial charge in [-0.3, -0.25) is 0 Å². The van der Waals surface area contributed by atoms with E-state index in [4.69, 9.17) is 21.5 Å². The van der Waals surface area contributed by atoms with E-state index in [1.165, 1.54) is 0 Å². The molecule has 20 heavy (non-hydrogen) atoms. The summed E-state index contributed by atoms with van der Waals surface area (Å²) < 4.78 is 13.0. The van der Waals surface area contributed by atoms with E-state index in [2.05, 4.69) is 15.1 Å². The van der Waals surface area contributed by atoms with Crippen molar-refractivity contribution in [2.75, 3.05) is 7.11 Å². The van der Waals surface area contributed by atoms with Crippen molar-refractivity contribution in [3.8, 4) is 5.75 Å². The molecule has 1 aromatic carbocycles. The minimum Gasteiger partial charge on any atom is -0.497 e. The monoisotopic (exact) mass is 290 g/mol. The van der Waals surface area contributed by atoms with Crippen LogP contribution in [-0.4, -0.2) is 26.8 Å². The highest BCUT2D eigenvalue weighted by Crippen LogP contribution is 2.21. The Morgan fingerprint density at radius 3 is 3.00 bits per heavy atom. The van der Waals surface area contributed by atoms with Crippen molar-refractivity contribution in [2.45, 2.75) is 19.9 Å². The zero-order valence-corrected chi connectivity index (χ0v) is 12.0. The van der Waals surface area contributed by atoms with Crippen molar-refractivity contribution in [1.29, 1.82) is 0 Å². The minimum absolute atomic E-state index is 0.613. The smallest absolute Gasteiger partial charge is 0.228 e. The molecule has 0 saturated carbocycles. The number of imidazole rings is 1. The minimum atomic E-state index is 0.613. The van der Waals surface area contributed by atoms with Gasteiger partial charge in [0.05, 0.1) is 18.1 Å². The summed E-state index contributed by atoms with van der Waals surface area (Å²) in [6.07, 6.45) is 0.638. The maximum atomic E-state index is 5.35. The normalized spacial score (nSPS) is 11.1. The predicted octanol–water partition coefficient (Wildman–Crippen LogP) is 2.64. The van der Waals surface area contributed by atoms with Gasteiger partial charge in [-0.25, -0.2) is 0 Å². The Kier molecular flexibility index (Phi) is 3.27. The molecule has 3 aromatic rings. The van der Waals surface area contributed by atoms with E-state index in [1.54, 1.807) is 14.0 Å². The second-order valence-electron chi connectivity index (χ2n) is 4.45. The molecular weight excluding hydrogens is 276 g/mol. The molecule has 0 fully saturated rings. The number of aromatic amines is 1. The van der Waals surface area contributed by atoms with Crippen LogP contribution in [0.1, 0.15) is 11.7 Å². The number of rotatable bonds is 4. The molecule has 0 radical (unpaired) electrons. The third kappa shape index (κ3) is 2.32. The fourth-order valence-electron chi connectivity index (χ4n) is 2.13. The van der Waals surface area contributed by atoms with Gasteiger partial charge in [-0.2, -0.15) is 4.98 Å². The molecule has 104 valence electrons. The molecule has 0 aliphatic rings. The van der Waals surface area contributed by atoms with Gasteiger partial charge in [-0.05, 0) is 31.3 Å². The van der Waals surface area contributed by atoms with E-state index in [1.807, 2.05) is 22.8 Å². The number of hydrogen-bond donors (Lipinski definition) is 1. The largest absolute Gasteiger partial charge is 0.497 e. The van der Waals surface area contributed by atoms with E-state index in [0.717, 1.165) is 16.8 Å². The molecule has 3 rings (SSSR count). The van der Waals surface area contributed by atoms with Gasteiger partial charge in [0.25, 0.3) is 0 Å². The van der Waals surface area contributed by atoms with Crippen LogP contribution in [0.5, 0.6) is 5.75 Å². The van der Waals surface area contributed by atoms with E-state index in [9.17, 15) is 0 Å². The molecule has 7 heteroatoms. The Morgan fingerprint density at radius 2 is 2.30 bits per heavy atom. The van der Waals surface area contributed by atoms with Crippen molar-refractivity contribution < 1.29 is 9.26 Å². The molecule has 1 N–H and O–H groups in total. The highest BCUT2D eigenvalue weighted by molar-refractivity contribution is 7.71. The lowest BCUT2D eigenvalue weighted by atomic mass is 10.3. The number of nitrogens with one attached hydrogen (secondary N) is 1. The number of ether oxygens (including phenoxy) is 1. The van der Waals surface area contributed by atoms with Crippen LogP contribution in [0.25, 0.3) is 11.0 Å². The van der Waals surface area contributed by atoms with E-state index >= 15 is 0 Å². The zero-order chi connectivity index (χ0) is 14.1. The Labute approximate surface area is 120 Å². The van der Waals surface area contributed by atoms with E-state index in [0.29, 0.717) is 29.5 Å². The lowest BCUT2D eigenvalue weighted by Gasteiger charge is -2.04. The van der Waals surface area contributed by atoms with Crippen molar-refractivity contribution in [3.05, 3.63) is 34.7 Å². The summed E-state index contributed by atoms with van der Waals surface area (Å²) >= 11 is 5.35. The first-order valence-corrected chi connectivity index (χ1v) is 6.64. The first-order chi connectivity index (χ1) is 9.67. The van der Waals surface area contributed by atoms with Gasteiger partial charge in [0.2, 0.25) is 5.89 Å². The Balaban J connectivity index is 1.93. The first-order valence-electron chi connectivity index (χ1n) is 6.23. The summed E-state index contributed by atoms with van der Waals surface area (Å²) in [5, 5.41) is 3.78. The van der Waals surface area contributed by atoms with Gasteiger partial charge >= 0.3 is 0 Å². The zero-order valence-electron chi connectivity index (χ0n) is 11.2. The second kappa shape index (κ2) is 5.09. The number of aryl methyl sites for hydroxylation is 3. The summed E-state index contributed by atoms with van der Waals surface area (Å²) in [7, 11) is 1.65. The van der Waals surface area contributed by atoms with Crippen LogP contribution in [0.3, 0.4) is 0 Å². The van der Waals surface area contributed by atoms with Crippen molar-refractivity contribution in [1.82, 2.24) is 19.7 Å². The molecule has 2 heterocycles. The molecule has 0 aliphatic heterocycles. The summed E-state index contributed by atoms with van der Waals surface area (Å²) in [5.74, 6) is 2.06. The van der Waals surface area contributed by atoms with Crippen LogP contribution in [0.2, 0.25) is 0 Å². The topological polar surface area (TPSA) is 68.9 Å². The third-order valence-electron chi connectivity index (χ3n) is 3.10. The highest BCUT2D eigenvalue weighted by Gasteiger charge is 2.08. The number of fused-ring (bicyclic) bond motifs is 1. The average molecular weight is 290 g/mol. The summed E-state index contributed by atoms with van der Waals surface area (Å²) in [4.78, 5) is 7.37. The van der Waals surface area contributed by atoms with Gasteiger partial charge in [-0.15, -0.1) is 0 Å². The molecule has 0 aliphatic carbocycles. The number of methoxy groups -OCH3 is 1. The van der Waals surface area contributed by atoms with Crippen LogP contribution >= 0.6 is 12.2 Å². The third-order valence-corrected chi connectivity index (χ3v) is 3.42. The van der Waals surface area contributed by atoms with Crippen LogP contribution < -0.4 is 4.74 Å². The molecule has 2 aromatic heterocycles. The second-order valence-corrected chi connectivity index (χ2v) is 4.84. The summed E-state index contributed by atoms with van der Waals surface area (Å²) in [5.41, 5.74) is 1.99. The van der Waals surface area contributed by atoms with Gasteiger partial charge in [0.15, 0.2) is 10.6 Å². The number of H-pyrrole nitrogens is 1. The molecule has 0 atom stereocenters. The maximum Gasteiger partial charge on any atom is 0.228 e. The van der Waals surface area contributed by atoms with Gasteiger partial charge in [0.1, 0.15) is 5.75 Å². The predicted molar refractivity (Wildman–Crippen MR) is 76.4 cm³/mol. The lowest BCUT2D eigenvalue weighted by molar-refractivity contribution is 0.369. The molecule has 0 bridgehead atoms. The number of aromatic nitrogens is 4. The van der Waals surface area contributed by atoms with Gasteiger partial charge < -0.3 is 18.8 Å². The van der Waals surface area contributed by atoms with Crippen molar-refractivity contribution in [3.63, 3.8) is 0 Å². The summed E-state index contributed by atoms with van der Waals surface area (Å²) in [6.45, 7) is 2.48. The maximum absolute atomic E-state index is 5.35. The van der Waals surface area contributed by atoms with E-state index in [-0.39, 0.29) is 0 Å². The summed E-state index contributed by atoms with van der Waals surface area (Å²) in [6, 6.07) is 5.82. The lowest BCUT2D eigenvalue weighted by Crippen LogP contribution is -2.01. The standard InChI is InChI=1S/C13H14N4O2S/c1-8-14-12(19-16-8)5-6-17-11-7-9(18-2)3-4-10(11)15-13(17)20/h3-4,7H,5-6H2,1-2H3,(H,15,20). The SMILES string of the molecule is COc1ccc2[nH]c(=S)n(CCc3nc(C)no3)c2c1. The Hall–Kier alpha value is -2.15. The van der Waals surface area contributed by atoms with Gasteiger partial charge in [0, 0.05) is 19.0 Å². The van der Waals surface area contributed by atoms with E-state index < -0.39 is 0 Å². The molecule has 0 spiro atoms. The molecule has 6 nitrogen and oxygen atoms in total. The number of hydrogen-bond acceptors (Lipinski definition) is 5. The average Bonchev–Trinajstić information content (AvgIpc) is 2.98. The Morgan fingerprint density at radius 1 is 1.45 bits per heavy atom. The van der Waals surface area contributed by atoms with Crippen molar-refractivity contribution in [2.24, 2.45) is 0 Å². The molecule has 0 saturated heterocycles. The fraction of sp³-hybridized carbons (Fsp3) is 0.308. The Bertz CT molecular complexity index is 802. The van der Waals surface area contributed by atoms with Gasteiger partial charge in [-0.1, -0.05) is 5.16 Å². The quantitative estimate of drug-likeness (QED) is 0.748. The molecule has 0 unspecified atom stereocenters. The van der Waals surface area contributed by atoms with Crippen molar-refractivity contribution >= 4 is 23.3 Å².